The minimum Gasteiger partial charge on any atom is -0.387 e. The van der Waals surface area contributed by atoms with Crippen LogP contribution in [0.1, 0.15) is 44.4 Å². The third-order valence-corrected chi connectivity index (χ3v) is 3.08. The molecule has 1 aromatic carbocycles. The van der Waals surface area contributed by atoms with Crippen LogP contribution in [0.5, 0.6) is 0 Å². The first-order valence-electron chi connectivity index (χ1n) is 5.94. The minimum absolute atomic E-state index is 0.0881. The fourth-order valence-corrected chi connectivity index (χ4v) is 1.49. The number of hydrogen-bond acceptors (Lipinski definition) is 2. The summed E-state index contributed by atoms with van der Waals surface area (Å²) in [7, 11) is 0. The zero-order valence-electron chi connectivity index (χ0n) is 10.7. The number of hydrogen-bond donors (Lipinski definition) is 2. The van der Waals surface area contributed by atoms with Crippen molar-refractivity contribution < 1.29 is 5.11 Å². The van der Waals surface area contributed by atoms with Crippen molar-refractivity contribution in [2.24, 2.45) is 0 Å². The Kier molecular flexibility index (Phi) is 4.51. The highest BCUT2D eigenvalue weighted by molar-refractivity contribution is 5.24. The molecule has 16 heavy (non-hydrogen) atoms. The first-order valence-corrected chi connectivity index (χ1v) is 5.94. The van der Waals surface area contributed by atoms with Crippen LogP contribution >= 0.6 is 0 Å². The fourth-order valence-electron chi connectivity index (χ4n) is 1.49. The maximum Gasteiger partial charge on any atom is 0.0914 e. The zero-order chi connectivity index (χ0) is 12.2. The van der Waals surface area contributed by atoms with E-state index < -0.39 is 6.10 Å². The third-order valence-electron chi connectivity index (χ3n) is 3.08. The normalized spacial score (nSPS) is 13.8. The van der Waals surface area contributed by atoms with E-state index >= 15 is 0 Å². The second-order valence-corrected chi connectivity index (χ2v) is 5.05. The Morgan fingerprint density at radius 1 is 1.38 bits per heavy atom. The number of aliphatic hydroxyl groups excluding tert-OH is 1. The van der Waals surface area contributed by atoms with E-state index in [2.05, 4.69) is 26.1 Å². The van der Waals surface area contributed by atoms with Crippen LogP contribution in [0.15, 0.2) is 24.3 Å². The minimum atomic E-state index is -0.425. The summed E-state index contributed by atoms with van der Waals surface area (Å²) in [6.07, 6.45) is 0.624. The Balaban J connectivity index is 2.56. The van der Waals surface area contributed by atoms with Gasteiger partial charge in [-0.25, -0.2) is 0 Å². The summed E-state index contributed by atoms with van der Waals surface area (Å²) < 4.78 is 0. The average molecular weight is 221 g/mol. The topological polar surface area (TPSA) is 32.3 Å². The quantitative estimate of drug-likeness (QED) is 0.801. The highest BCUT2D eigenvalue weighted by atomic mass is 16.3. The molecule has 2 heteroatoms. The predicted molar refractivity (Wildman–Crippen MR) is 68.5 cm³/mol. The van der Waals surface area contributed by atoms with Crippen molar-refractivity contribution >= 4 is 0 Å². The SMILES string of the molecule is CCC(C)(C)NCC(O)c1cccc(C)c1. The smallest absolute Gasteiger partial charge is 0.0914 e. The molecule has 1 rings (SSSR count). The summed E-state index contributed by atoms with van der Waals surface area (Å²) in [5.41, 5.74) is 2.26. The molecule has 90 valence electrons. The molecule has 0 saturated carbocycles. The standard InChI is InChI=1S/C14H23NO/c1-5-14(3,4)15-10-13(16)12-8-6-7-11(2)9-12/h6-9,13,15-16H,5,10H2,1-4H3. The Morgan fingerprint density at radius 3 is 2.62 bits per heavy atom. The first-order chi connectivity index (χ1) is 7.44. The van der Waals surface area contributed by atoms with Gasteiger partial charge in [0.1, 0.15) is 0 Å². The molecule has 0 aliphatic heterocycles. The van der Waals surface area contributed by atoms with Gasteiger partial charge in [0.2, 0.25) is 0 Å². The summed E-state index contributed by atoms with van der Waals surface area (Å²) in [4.78, 5) is 0. The van der Waals surface area contributed by atoms with E-state index in [4.69, 9.17) is 0 Å². The lowest BCUT2D eigenvalue weighted by atomic mass is 10.0. The van der Waals surface area contributed by atoms with Crippen molar-refractivity contribution in [3.05, 3.63) is 35.4 Å². The van der Waals surface area contributed by atoms with Crippen LogP contribution in [0, 0.1) is 6.92 Å². The van der Waals surface area contributed by atoms with E-state index in [1.165, 1.54) is 5.56 Å². The van der Waals surface area contributed by atoms with Gasteiger partial charge < -0.3 is 10.4 Å². The van der Waals surface area contributed by atoms with Crippen molar-refractivity contribution in [1.29, 1.82) is 0 Å². The number of rotatable bonds is 5. The lowest BCUT2D eigenvalue weighted by molar-refractivity contribution is 0.160. The predicted octanol–water partition coefficient (Wildman–Crippen LogP) is 2.81. The molecular weight excluding hydrogens is 198 g/mol. The summed E-state index contributed by atoms with van der Waals surface area (Å²) in [5, 5.41) is 13.4. The lowest BCUT2D eigenvalue weighted by Gasteiger charge is -2.26. The number of β-amino-alcohol motifs (C(OH)–C–C–N with tert-alkyl or cyclic N) is 1. The summed E-state index contributed by atoms with van der Waals surface area (Å²) >= 11 is 0. The van der Waals surface area contributed by atoms with Gasteiger partial charge in [0.15, 0.2) is 0 Å². The van der Waals surface area contributed by atoms with Crippen LogP contribution in [0.4, 0.5) is 0 Å². The van der Waals surface area contributed by atoms with Crippen LogP contribution < -0.4 is 5.32 Å². The largest absolute Gasteiger partial charge is 0.387 e. The molecule has 0 aliphatic carbocycles. The van der Waals surface area contributed by atoms with Crippen molar-refractivity contribution in [2.45, 2.75) is 45.8 Å². The van der Waals surface area contributed by atoms with Crippen molar-refractivity contribution in [3.8, 4) is 0 Å². The Hall–Kier alpha value is -0.860. The highest BCUT2D eigenvalue weighted by Crippen LogP contribution is 2.15. The van der Waals surface area contributed by atoms with Gasteiger partial charge in [-0.05, 0) is 32.8 Å². The number of aliphatic hydroxyl groups is 1. The van der Waals surface area contributed by atoms with Crippen molar-refractivity contribution in [1.82, 2.24) is 5.32 Å². The van der Waals surface area contributed by atoms with Gasteiger partial charge in [0, 0.05) is 12.1 Å². The monoisotopic (exact) mass is 221 g/mol. The average Bonchev–Trinajstić information content (AvgIpc) is 2.26. The molecule has 0 bridgehead atoms. The summed E-state index contributed by atoms with van der Waals surface area (Å²) in [6.45, 7) is 9.09. The second-order valence-electron chi connectivity index (χ2n) is 5.05. The van der Waals surface area contributed by atoms with Crippen molar-refractivity contribution in [2.75, 3.05) is 6.54 Å². The first kappa shape index (κ1) is 13.2. The maximum atomic E-state index is 10.0. The molecule has 0 aromatic heterocycles. The van der Waals surface area contributed by atoms with Gasteiger partial charge >= 0.3 is 0 Å². The molecule has 0 heterocycles. The van der Waals surface area contributed by atoms with Crippen LogP contribution in [0.2, 0.25) is 0 Å². The summed E-state index contributed by atoms with van der Waals surface area (Å²) in [6, 6.07) is 8.03. The molecule has 1 aromatic rings. The number of aryl methyl sites for hydroxylation is 1. The van der Waals surface area contributed by atoms with E-state index in [-0.39, 0.29) is 5.54 Å². The third kappa shape index (κ3) is 3.95. The molecule has 1 atom stereocenters. The Labute approximate surface area is 98.7 Å². The lowest BCUT2D eigenvalue weighted by Crippen LogP contribution is -2.40. The molecule has 2 N–H and O–H groups in total. The van der Waals surface area contributed by atoms with Gasteiger partial charge in [-0.1, -0.05) is 36.8 Å². The Bertz CT molecular complexity index is 333. The van der Waals surface area contributed by atoms with Crippen LogP contribution in [-0.2, 0) is 0 Å². The molecular formula is C14H23NO. The van der Waals surface area contributed by atoms with Crippen LogP contribution in [-0.4, -0.2) is 17.2 Å². The molecule has 2 nitrogen and oxygen atoms in total. The Morgan fingerprint density at radius 2 is 2.06 bits per heavy atom. The van der Waals surface area contributed by atoms with E-state index in [1.807, 2.05) is 31.2 Å². The summed E-state index contributed by atoms with van der Waals surface area (Å²) in [5.74, 6) is 0. The maximum absolute atomic E-state index is 10.0. The zero-order valence-corrected chi connectivity index (χ0v) is 10.7. The van der Waals surface area contributed by atoms with Crippen molar-refractivity contribution in [3.63, 3.8) is 0 Å². The molecule has 0 fully saturated rings. The second kappa shape index (κ2) is 5.46. The van der Waals surface area contributed by atoms with E-state index in [9.17, 15) is 5.11 Å². The highest BCUT2D eigenvalue weighted by Gasteiger charge is 2.16. The van der Waals surface area contributed by atoms with Gasteiger partial charge in [-0.15, -0.1) is 0 Å². The van der Waals surface area contributed by atoms with Gasteiger partial charge in [0.05, 0.1) is 6.10 Å². The molecule has 0 saturated heterocycles. The van der Waals surface area contributed by atoms with Crippen LogP contribution in [0.3, 0.4) is 0 Å². The number of nitrogens with one attached hydrogen (secondary N) is 1. The van der Waals surface area contributed by atoms with E-state index in [0.29, 0.717) is 6.54 Å². The molecule has 0 radical (unpaired) electrons. The molecule has 0 spiro atoms. The molecule has 0 aliphatic rings. The van der Waals surface area contributed by atoms with E-state index in [0.717, 1.165) is 12.0 Å². The van der Waals surface area contributed by atoms with Gasteiger partial charge in [0.25, 0.3) is 0 Å². The molecule has 0 amide bonds. The number of benzene rings is 1. The van der Waals surface area contributed by atoms with Gasteiger partial charge in [-0.2, -0.15) is 0 Å². The van der Waals surface area contributed by atoms with E-state index in [1.54, 1.807) is 0 Å². The van der Waals surface area contributed by atoms with Crippen LogP contribution in [0.25, 0.3) is 0 Å². The molecule has 1 unspecified atom stereocenters. The fraction of sp³-hybridized carbons (Fsp3) is 0.571. The van der Waals surface area contributed by atoms with Gasteiger partial charge in [-0.3, -0.25) is 0 Å².